The maximum atomic E-state index is 13.0. The van der Waals surface area contributed by atoms with Gasteiger partial charge in [0.05, 0.1) is 25.7 Å². The summed E-state index contributed by atoms with van der Waals surface area (Å²) in [5, 5.41) is 27.9. The van der Waals surface area contributed by atoms with Crippen molar-refractivity contribution < 1.29 is 27.8 Å². The van der Waals surface area contributed by atoms with Gasteiger partial charge in [0, 0.05) is 12.1 Å². The summed E-state index contributed by atoms with van der Waals surface area (Å²) in [6.45, 7) is 3.77. The van der Waals surface area contributed by atoms with Crippen LogP contribution < -0.4 is 5.32 Å². The minimum atomic E-state index is -4.75. The molecule has 1 aromatic heterocycles. The van der Waals surface area contributed by atoms with Crippen LogP contribution in [-0.2, 0) is 11.0 Å². The molecule has 0 spiro atoms. The van der Waals surface area contributed by atoms with Gasteiger partial charge in [-0.25, -0.2) is 0 Å². The molecule has 0 bridgehead atoms. The number of aromatic nitrogens is 2. The Morgan fingerprint density at radius 3 is 2.07 bits per heavy atom. The van der Waals surface area contributed by atoms with Gasteiger partial charge >= 0.3 is 6.18 Å². The Labute approximate surface area is 169 Å². The number of halogens is 4. The number of anilines is 1. The lowest BCUT2D eigenvalue weighted by Gasteiger charge is -2.15. The molecular weight excluding hydrogens is 467 g/mol. The molecule has 29 heavy (non-hydrogen) atoms. The standard InChI is InChI=1S/C15H13BrF3N5O5/c1-6-10(23(26)27)4-9(5-11(6)24(28)29)20-14(25)8(3)22-7(2)12(16)13(21-22)15(17,18)19/h4-5,8H,1-3H3,(H,20,25). The fourth-order valence-corrected chi connectivity index (χ4v) is 3.04. The van der Waals surface area contributed by atoms with Crippen molar-refractivity contribution in [1.82, 2.24) is 9.78 Å². The molecule has 0 aliphatic heterocycles. The van der Waals surface area contributed by atoms with Crippen LogP contribution in [0.15, 0.2) is 16.6 Å². The van der Waals surface area contributed by atoms with Crippen LogP contribution in [0.2, 0.25) is 0 Å². The first-order chi connectivity index (χ1) is 13.3. The van der Waals surface area contributed by atoms with E-state index in [1.165, 1.54) is 20.8 Å². The van der Waals surface area contributed by atoms with E-state index in [0.29, 0.717) is 0 Å². The highest BCUT2D eigenvalue weighted by Crippen LogP contribution is 2.37. The summed E-state index contributed by atoms with van der Waals surface area (Å²) in [5.41, 5.74) is -2.80. The lowest BCUT2D eigenvalue weighted by Crippen LogP contribution is -2.25. The molecule has 1 atom stereocenters. The van der Waals surface area contributed by atoms with Gasteiger partial charge < -0.3 is 5.32 Å². The molecule has 0 aliphatic carbocycles. The number of hydrogen-bond donors (Lipinski definition) is 1. The summed E-state index contributed by atoms with van der Waals surface area (Å²) in [6, 6.07) is 0.613. The Kier molecular flexibility index (Phi) is 5.96. The van der Waals surface area contributed by atoms with Gasteiger partial charge in [0.1, 0.15) is 11.6 Å². The SMILES string of the molecule is Cc1c([N+](=O)[O-])cc(NC(=O)C(C)n2nc(C(F)(F)F)c(Br)c2C)cc1[N+](=O)[O-]. The average molecular weight is 480 g/mol. The fraction of sp³-hybridized carbons (Fsp3) is 0.333. The van der Waals surface area contributed by atoms with E-state index in [1.54, 1.807) is 0 Å². The van der Waals surface area contributed by atoms with Crippen LogP contribution in [0.4, 0.5) is 30.2 Å². The van der Waals surface area contributed by atoms with E-state index in [2.05, 4.69) is 26.3 Å². The lowest BCUT2D eigenvalue weighted by atomic mass is 10.1. The summed E-state index contributed by atoms with van der Waals surface area (Å²) in [7, 11) is 0. The van der Waals surface area contributed by atoms with E-state index in [9.17, 15) is 38.2 Å². The topological polar surface area (TPSA) is 133 Å². The van der Waals surface area contributed by atoms with Crippen LogP contribution in [0.5, 0.6) is 0 Å². The number of amides is 1. The lowest BCUT2D eigenvalue weighted by molar-refractivity contribution is -0.395. The monoisotopic (exact) mass is 479 g/mol. The van der Waals surface area contributed by atoms with E-state index in [4.69, 9.17) is 0 Å². The normalized spacial score (nSPS) is 12.5. The Balaban J connectivity index is 2.41. The predicted molar refractivity (Wildman–Crippen MR) is 97.5 cm³/mol. The molecule has 1 amide bonds. The second kappa shape index (κ2) is 7.77. The second-order valence-corrected chi connectivity index (χ2v) is 6.80. The molecule has 2 aromatic rings. The van der Waals surface area contributed by atoms with Crippen LogP contribution >= 0.6 is 15.9 Å². The van der Waals surface area contributed by atoms with Gasteiger partial charge in [0.2, 0.25) is 5.91 Å². The Bertz CT molecular complexity index is 985. The van der Waals surface area contributed by atoms with Crippen LogP contribution in [0.25, 0.3) is 0 Å². The van der Waals surface area contributed by atoms with Crippen molar-refractivity contribution in [2.24, 2.45) is 0 Å². The molecule has 14 heteroatoms. The van der Waals surface area contributed by atoms with Crippen molar-refractivity contribution >= 4 is 38.9 Å². The smallest absolute Gasteiger partial charge is 0.324 e. The number of nitrogens with zero attached hydrogens (tertiary/aromatic N) is 4. The Morgan fingerprint density at radius 2 is 1.69 bits per heavy atom. The van der Waals surface area contributed by atoms with Crippen molar-refractivity contribution in [2.75, 3.05) is 5.32 Å². The molecule has 10 nitrogen and oxygen atoms in total. The van der Waals surface area contributed by atoms with Gasteiger partial charge in [-0.15, -0.1) is 0 Å². The third-order valence-electron chi connectivity index (χ3n) is 4.11. The van der Waals surface area contributed by atoms with Gasteiger partial charge in [-0.05, 0) is 36.7 Å². The Hall–Kier alpha value is -3.03. The average Bonchev–Trinajstić information content (AvgIpc) is 2.90. The van der Waals surface area contributed by atoms with Crippen molar-refractivity contribution in [2.45, 2.75) is 33.0 Å². The number of hydrogen-bond acceptors (Lipinski definition) is 6. The summed E-state index contributed by atoms with van der Waals surface area (Å²) < 4.78 is 39.5. The van der Waals surface area contributed by atoms with E-state index in [0.717, 1.165) is 16.8 Å². The first kappa shape index (κ1) is 22.3. The Morgan fingerprint density at radius 1 is 1.21 bits per heavy atom. The number of rotatable bonds is 5. The first-order valence-electron chi connectivity index (χ1n) is 7.81. The molecule has 0 radical (unpaired) electrons. The maximum Gasteiger partial charge on any atom is 0.436 e. The highest BCUT2D eigenvalue weighted by atomic mass is 79.9. The largest absolute Gasteiger partial charge is 0.436 e. The zero-order chi connectivity index (χ0) is 22.3. The molecule has 1 unspecified atom stereocenters. The van der Waals surface area contributed by atoms with Crippen molar-refractivity contribution in [3.8, 4) is 0 Å². The highest BCUT2D eigenvalue weighted by Gasteiger charge is 2.39. The number of benzene rings is 1. The van der Waals surface area contributed by atoms with Crippen molar-refractivity contribution in [3.63, 3.8) is 0 Å². The zero-order valence-corrected chi connectivity index (χ0v) is 16.7. The molecule has 0 saturated heterocycles. The van der Waals surface area contributed by atoms with E-state index in [1.807, 2.05) is 0 Å². The summed E-state index contributed by atoms with van der Waals surface area (Å²) in [4.78, 5) is 33.0. The summed E-state index contributed by atoms with van der Waals surface area (Å²) in [5.74, 6) is -0.871. The zero-order valence-electron chi connectivity index (χ0n) is 15.1. The van der Waals surface area contributed by atoms with E-state index in [-0.39, 0.29) is 21.4 Å². The highest BCUT2D eigenvalue weighted by molar-refractivity contribution is 9.10. The van der Waals surface area contributed by atoms with Gasteiger partial charge in [-0.2, -0.15) is 18.3 Å². The number of nitrogens with one attached hydrogen (secondary N) is 1. The van der Waals surface area contributed by atoms with Gasteiger partial charge in [0.25, 0.3) is 11.4 Å². The predicted octanol–water partition coefficient (Wildman–Crippen LogP) is 4.30. The van der Waals surface area contributed by atoms with Gasteiger partial charge in [-0.1, -0.05) is 0 Å². The maximum absolute atomic E-state index is 13.0. The number of carbonyl (C=O) groups excluding carboxylic acids is 1. The molecule has 0 aliphatic rings. The molecule has 2 rings (SSSR count). The number of nitro groups is 2. The molecular formula is C15H13BrF3N5O5. The third-order valence-corrected chi connectivity index (χ3v) is 5.05. The number of alkyl halides is 3. The van der Waals surface area contributed by atoms with Crippen molar-refractivity contribution in [1.29, 1.82) is 0 Å². The van der Waals surface area contributed by atoms with Crippen LogP contribution in [0.1, 0.15) is 29.9 Å². The minimum absolute atomic E-state index is 0.0286. The van der Waals surface area contributed by atoms with Crippen LogP contribution in [0, 0.1) is 34.1 Å². The van der Waals surface area contributed by atoms with Crippen molar-refractivity contribution in [3.05, 3.63) is 53.8 Å². The van der Waals surface area contributed by atoms with Crippen LogP contribution in [0.3, 0.4) is 0 Å². The fourth-order valence-electron chi connectivity index (χ4n) is 2.55. The van der Waals surface area contributed by atoms with E-state index >= 15 is 0 Å². The van der Waals surface area contributed by atoms with Gasteiger partial charge in [0.15, 0.2) is 5.69 Å². The molecule has 1 aromatic carbocycles. The number of nitro benzene ring substituents is 2. The quantitative estimate of drug-likeness (QED) is 0.501. The summed E-state index contributed by atoms with van der Waals surface area (Å²) >= 11 is 2.80. The number of carbonyl (C=O) groups is 1. The van der Waals surface area contributed by atoms with E-state index < -0.39 is 45.0 Å². The summed E-state index contributed by atoms with van der Waals surface area (Å²) in [6.07, 6.45) is -4.75. The minimum Gasteiger partial charge on any atom is -0.324 e. The molecule has 0 saturated carbocycles. The molecule has 0 fully saturated rings. The molecule has 1 heterocycles. The molecule has 156 valence electrons. The molecule has 1 N–H and O–H groups in total. The van der Waals surface area contributed by atoms with Crippen LogP contribution in [-0.4, -0.2) is 25.5 Å². The third kappa shape index (κ3) is 4.36. The van der Waals surface area contributed by atoms with Gasteiger partial charge in [-0.3, -0.25) is 29.7 Å². The first-order valence-corrected chi connectivity index (χ1v) is 8.61. The second-order valence-electron chi connectivity index (χ2n) is 6.01.